The van der Waals surface area contributed by atoms with Gasteiger partial charge in [0.2, 0.25) is 0 Å². The maximum atomic E-state index is 11.9. The van der Waals surface area contributed by atoms with E-state index in [0.29, 0.717) is 12.3 Å². The molecule has 0 saturated carbocycles. The molecule has 1 aromatic rings. The van der Waals surface area contributed by atoms with Gasteiger partial charge in [-0.3, -0.25) is 9.48 Å². The molecule has 0 unspecified atom stereocenters. The van der Waals surface area contributed by atoms with Gasteiger partial charge in [0.25, 0.3) is 0 Å². The highest BCUT2D eigenvalue weighted by molar-refractivity contribution is 5.94. The Balaban J connectivity index is 2.55. The molecule has 0 bridgehead atoms. The number of aromatic nitrogens is 2. The molecule has 3 nitrogen and oxygen atoms in total. The minimum Gasteiger partial charge on any atom is -0.292 e. The number of carbonyl (C=O) groups excluding carboxylic acids is 1. The number of rotatable bonds is 6. The molecular formula is C13H22N2O. The molecule has 0 aliphatic rings. The van der Waals surface area contributed by atoms with Crippen LogP contribution < -0.4 is 0 Å². The third-order valence-corrected chi connectivity index (χ3v) is 2.76. The van der Waals surface area contributed by atoms with Gasteiger partial charge in [-0.15, -0.1) is 0 Å². The van der Waals surface area contributed by atoms with Crippen molar-refractivity contribution < 1.29 is 4.79 Å². The Kier molecular flexibility index (Phi) is 4.71. The van der Waals surface area contributed by atoms with Crippen LogP contribution in [0.25, 0.3) is 0 Å². The smallest absolute Gasteiger partial charge is 0.180 e. The summed E-state index contributed by atoms with van der Waals surface area (Å²) in [6.07, 6.45) is 3.61. The summed E-state index contributed by atoms with van der Waals surface area (Å²) in [5.74, 6) is 0.890. The van der Waals surface area contributed by atoms with E-state index in [4.69, 9.17) is 0 Å². The highest BCUT2D eigenvalue weighted by Crippen LogP contribution is 2.12. The number of nitrogens with zero attached hydrogens (tertiary/aromatic N) is 2. The topological polar surface area (TPSA) is 34.9 Å². The first-order chi connectivity index (χ1) is 7.54. The van der Waals surface area contributed by atoms with Crippen molar-refractivity contribution in [1.82, 2.24) is 9.78 Å². The van der Waals surface area contributed by atoms with Crippen LogP contribution >= 0.6 is 0 Å². The molecule has 3 heteroatoms. The fourth-order valence-electron chi connectivity index (χ4n) is 1.76. The lowest BCUT2D eigenvalue weighted by molar-refractivity contribution is 0.0969. The van der Waals surface area contributed by atoms with Gasteiger partial charge in [-0.25, -0.2) is 0 Å². The van der Waals surface area contributed by atoms with E-state index in [0.717, 1.165) is 30.7 Å². The van der Waals surface area contributed by atoms with Gasteiger partial charge in [-0.1, -0.05) is 27.2 Å². The van der Waals surface area contributed by atoms with Gasteiger partial charge >= 0.3 is 0 Å². The average Bonchev–Trinajstić information content (AvgIpc) is 2.59. The summed E-state index contributed by atoms with van der Waals surface area (Å²) in [6, 6.07) is 1.91. The molecule has 0 N–H and O–H groups in total. The Hall–Kier alpha value is -1.12. The maximum Gasteiger partial charge on any atom is 0.180 e. The van der Waals surface area contributed by atoms with E-state index in [9.17, 15) is 4.79 Å². The first kappa shape index (κ1) is 12.9. The van der Waals surface area contributed by atoms with Crippen molar-refractivity contribution >= 4 is 5.78 Å². The maximum absolute atomic E-state index is 11.9. The van der Waals surface area contributed by atoms with E-state index in [1.165, 1.54) is 0 Å². The van der Waals surface area contributed by atoms with Crippen molar-refractivity contribution in [3.05, 3.63) is 17.5 Å². The molecule has 1 heterocycles. The van der Waals surface area contributed by atoms with Gasteiger partial charge in [-0.2, -0.15) is 5.10 Å². The van der Waals surface area contributed by atoms with Crippen LogP contribution in [0, 0.1) is 5.92 Å². The number of hydrogen-bond donors (Lipinski definition) is 0. The average molecular weight is 222 g/mol. The molecule has 1 aromatic heterocycles. The summed E-state index contributed by atoms with van der Waals surface area (Å²) in [5, 5.41) is 4.29. The zero-order chi connectivity index (χ0) is 12.1. The predicted molar refractivity (Wildman–Crippen MR) is 65.6 cm³/mol. The summed E-state index contributed by atoms with van der Waals surface area (Å²) in [4.78, 5) is 11.9. The van der Waals surface area contributed by atoms with Crippen molar-refractivity contribution in [3.8, 4) is 0 Å². The quantitative estimate of drug-likeness (QED) is 0.693. The van der Waals surface area contributed by atoms with Crippen molar-refractivity contribution in [2.75, 3.05) is 0 Å². The third kappa shape index (κ3) is 3.47. The molecule has 16 heavy (non-hydrogen) atoms. The van der Waals surface area contributed by atoms with E-state index < -0.39 is 0 Å². The van der Waals surface area contributed by atoms with Gasteiger partial charge in [-0.05, 0) is 24.8 Å². The van der Waals surface area contributed by atoms with E-state index >= 15 is 0 Å². The zero-order valence-corrected chi connectivity index (χ0v) is 10.8. The zero-order valence-electron chi connectivity index (χ0n) is 10.8. The Bertz CT molecular complexity index is 353. The summed E-state index contributed by atoms with van der Waals surface area (Å²) < 4.78 is 1.70. The lowest BCUT2D eigenvalue weighted by Crippen LogP contribution is -2.07. The first-order valence-electron chi connectivity index (χ1n) is 6.10. The molecule has 0 fully saturated rings. The third-order valence-electron chi connectivity index (χ3n) is 2.76. The van der Waals surface area contributed by atoms with Crippen LogP contribution in [0.4, 0.5) is 0 Å². The number of ketones is 1. The Labute approximate surface area is 97.8 Å². The molecule has 0 amide bonds. The van der Waals surface area contributed by atoms with Crippen molar-refractivity contribution in [2.45, 2.75) is 46.5 Å². The second kappa shape index (κ2) is 5.83. The van der Waals surface area contributed by atoms with Gasteiger partial charge < -0.3 is 0 Å². The number of Topliss-reactive ketones (excluding diaryl/α,β-unsaturated/α-hetero) is 1. The monoisotopic (exact) mass is 222 g/mol. The van der Waals surface area contributed by atoms with Crippen LogP contribution in [-0.4, -0.2) is 15.6 Å². The predicted octanol–water partition coefficient (Wildman–Crippen LogP) is 2.99. The van der Waals surface area contributed by atoms with Crippen molar-refractivity contribution in [3.63, 3.8) is 0 Å². The SMILES string of the molecule is CCc1cc(C(=O)CCCC(C)C)n(C)n1. The van der Waals surface area contributed by atoms with Crippen LogP contribution in [0.1, 0.15) is 56.2 Å². The van der Waals surface area contributed by atoms with E-state index in [2.05, 4.69) is 25.9 Å². The van der Waals surface area contributed by atoms with Crippen LogP contribution in [0.15, 0.2) is 6.07 Å². The summed E-state index contributed by atoms with van der Waals surface area (Å²) >= 11 is 0. The Morgan fingerprint density at radius 1 is 1.50 bits per heavy atom. The van der Waals surface area contributed by atoms with Gasteiger partial charge in [0.15, 0.2) is 5.78 Å². The van der Waals surface area contributed by atoms with Gasteiger partial charge in [0, 0.05) is 13.5 Å². The second-order valence-electron chi connectivity index (χ2n) is 4.71. The summed E-state index contributed by atoms with van der Waals surface area (Å²) in [7, 11) is 1.84. The van der Waals surface area contributed by atoms with Gasteiger partial charge in [0.05, 0.1) is 5.69 Å². The molecule has 90 valence electrons. The Morgan fingerprint density at radius 2 is 2.19 bits per heavy atom. The molecule has 0 aliphatic carbocycles. The van der Waals surface area contributed by atoms with E-state index in [1.807, 2.05) is 13.1 Å². The molecular weight excluding hydrogens is 200 g/mol. The molecule has 0 aliphatic heterocycles. The van der Waals surface area contributed by atoms with Crippen LogP contribution in [0.2, 0.25) is 0 Å². The first-order valence-corrected chi connectivity index (χ1v) is 6.10. The van der Waals surface area contributed by atoms with Crippen LogP contribution in [-0.2, 0) is 13.5 Å². The highest BCUT2D eigenvalue weighted by atomic mass is 16.1. The van der Waals surface area contributed by atoms with Crippen LogP contribution in [0.3, 0.4) is 0 Å². The normalized spacial score (nSPS) is 11.1. The standard InChI is InChI=1S/C13H22N2O/c1-5-11-9-12(15(4)14-11)13(16)8-6-7-10(2)3/h9-10H,5-8H2,1-4H3. The van der Waals surface area contributed by atoms with Crippen molar-refractivity contribution in [2.24, 2.45) is 13.0 Å². The minimum absolute atomic E-state index is 0.218. The minimum atomic E-state index is 0.218. The largest absolute Gasteiger partial charge is 0.292 e. The molecule has 1 rings (SSSR count). The molecule has 0 saturated heterocycles. The lowest BCUT2D eigenvalue weighted by Gasteiger charge is -2.03. The number of carbonyl (C=O) groups is 1. The second-order valence-corrected chi connectivity index (χ2v) is 4.71. The van der Waals surface area contributed by atoms with Crippen LogP contribution in [0.5, 0.6) is 0 Å². The van der Waals surface area contributed by atoms with E-state index in [-0.39, 0.29) is 5.78 Å². The molecule has 0 spiro atoms. The number of aryl methyl sites for hydroxylation is 2. The fourth-order valence-corrected chi connectivity index (χ4v) is 1.76. The Morgan fingerprint density at radius 3 is 2.69 bits per heavy atom. The lowest BCUT2D eigenvalue weighted by atomic mass is 10.0. The van der Waals surface area contributed by atoms with E-state index in [1.54, 1.807) is 4.68 Å². The molecule has 0 radical (unpaired) electrons. The summed E-state index contributed by atoms with van der Waals surface area (Å²) in [5.41, 5.74) is 1.75. The molecule has 0 aromatic carbocycles. The highest BCUT2D eigenvalue weighted by Gasteiger charge is 2.12. The number of hydrogen-bond acceptors (Lipinski definition) is 2. The molecule has 0 atom stereocenters. The fraction of sp³-hybridized carbons (Fsp3) is 0.692. The van der Waals surface area contributed by atoms with Gasteiger partial charge in [0.1, 0.15) is 5.69 Å². The van der Waals surface area contributed by atoms with Crippen molar-refractivity contribution in [1.29, 1.82) is 0 Å². The summed E-state index contributed by atoms with van der Waals surface area (Å²) in [6.45, 7) is 6.42.